The molecule has 31 heavy (non-hydrogen) atoms. The second-order valence-corrected chi connectivity index (χ2v) is 10.3. The van der Waals surface area contributed by atoms with Gasteiger partial charge in [0.1, 0.15) is 0 Å². The van der Waals surface area contributed by atoms with Gasteiger partial charge in [-0.25, -0.2) is 8.93 Å². The number of aryl methyl sites for hydroxylation is 3. The number of fused-ring (bicyclic) bond motifs is 1. The zero-order chi connectivity index (χ0) is 22.0. The van der Waals surface area contributed by atoms with Crippen molar-refractivity contribution in [3.05, 3.63) is 69.1 Å². The fraction of sp³-hybridized carbons (Fsp3) is 0.560. The lowest BCUT2D eigenvalue weighted by Gasteiger charge is -2.37. The highest BCUT2D eigenvalue weighted by Gasteiger charge is 2.33. The summed E-state index contributed by atoms with van der Waals surface area (Å²) in [5, 5.41) is 0. The molecule has 1 aliphatic heterocycles. The van der Waals surface area contributed by atoms with Gasteiger partial charge in [0.2, 0.25) is 0 Å². The standard InChI is InChI=1S/C25H34N2O3S/c1-17-6-4-5-7-22(17)19-9-13-21(14-10-19)30-16-24-23(26-31(3)29)15-12-20-11-8-18(2)25(28)27(20)24/h4-8,11,19,21,23-24,26H,9-10,12-16H2,1-3H3. The fourth-order valence-corrected chi connectivity index (χ4v) is 6.00. The van der Waals surface area contributed by atoms with Gasteiger partial charge in [-0.1, -0.05) is 30.3 Å². The first-order chi connectivity index (χ1) is 14.9. The Morgan fingerprint density at radius 2 is 1.77 bits per heavy atom. The molecule has 0 amide bonds. The number of nitrogens with zero attached hydrogens (tertiary/aromatic N) is 1. The third-order valence-corrected chi connectivity index (χ3v) is 7.66. The van der Waals surface area contributed by atoms with Gasteiger partial charge in [-0.05, 0) is 75.5 Å². The maximum atomic E-state index is 12.9. The van der Waals surface area contributed by atoms with Crippen LogP contribution in [0.15, 0.2) is 41.2 Å². The topological polar surface area (TPSA) is 60.3 Å². The minimum atomic E-state index is -1.13. The maximum absolute atomic E-state index is 12.9. The molecule has 0 spiro atoms. The Labute approximate surface area is 187 Å². The molecular formula is C25H34N2O3S. The number of hydrogen-bond acceptors (Lipinski definition) is 3. The van der Waals surface area contributed by atoms with E-state index in [1.54, 1.807) is 6.26 Å². The molecule has 4 rings (SSSR count). The first kappa shape index (κ1) is 22.4. The van der Waals surface area contributed by atoms with Crippen molar-refractivity contribution < 1.29 is 8.95 Å². The van der Waals surface area contributed by atoms with Crippen molar-refractivity contribution in [2.45, 2.75) is 76.5 Å². The van der Waals surface area contributed by atoms with E-state index in [0.717, 1.165) is 49.8 Å². The molecule has 2 aliphatic rings. The number of hydrogen-bond donors (Lipinski definition) is 1. The summed E-state index contributed by atoms with van der Waals surface area (Å²) in [5.74, 6) is 0.610. The Balaban J connectivity index is 1.44. The molecule has 1 saturated carbocycles. The van der Waals surface area contributed by atoms with Crippen LogP contribution in [-0.4, -0.2) is 33.8 Å². The van der Waals surface area contributed by atoms with Crippen LogP contribution in [0.4, 0.5) is 0 Å². The third kappa shape index (κ3) is 5.02. The lowest BCUT2D eigenvalue weighted by atomic mass is 9.81. The van der Waals surface area contributed by atoms with Gasteiger partial charge >= 0.3 is 0 Å². The van der Waals surface area contributed by atoms with E-state index in [-0.39, 0.29) is 23.7 Å². The van der Waals surface area contributed by atoms with Gasteiger partial charge in [-0.3, -0.25) is 4.79 Å². The molecule has 0 saturated heterocycles. The van der Waals surface area contributed by atoms with Crippen molar-refractivity contribution in [1.82, 2.24) is 9.29 Å². The van der Waals surface area contributed by atoms with Crippen molar-refractivity contribution in [3.8, 4) is 0 Å². The van der Waals surface area contributed by atoms with E-state index in [1.807, 2.05) is 17.6 Å². The first-order valence-corrected chi connectivity index (χ1v) is 13.0. The van der Waals surface area contributed by atoms with E-state index in [0.29, 0.717) is 12.5 Å². The third-order valence-electron chi connectivity index (χ3n) is 7.02. The van der Waals surface area contributed by atoms with Crippen LogP contribution in [0.25, 0.3) is 0 Å². The SMILES string of the molecule is Cc1ccccc1C1CCC(OCC2C(NS(C)=O)CCc3ccc(C)c(=O)n32)CC1. The predicted molar refractivity (Wildman–Crippen MR) is 126 cm³/mol. The number of benzene rings is 1. The van der Waals surface area contributed by atoms with Gasteiger partial charge in [0.15, 0.2) is 0 Å². The number of pyridine rings is 1. The Morgan fingerprint density at radius 3 is 2.48 bits per heavy atom. The Kier molecular flexibility index (Phi) is 7.09. The molecule has 3 unspecified atom stereocenters. The number of nitrogens with one attached hydrogen (secondary N) is 1. The highest BCUT2D eigenvalue weighted by atomic mass is 32.2. The Hall–Kier alpha value is -1.76. The molecule has 3 atom stereocenters. The van der Waals surface area contributed by atoms with Gasteiger partial charge in [-0.15, -0.1) is 0 Å². The summed E-state index contributed by atoms with van der Waals surface area (Å²) in [4.78, 5) is 12.9. The van der Waals surface area contributed by atoms with Crippen LogP contribution >= 0.6 is 0 Å². The molecule has 1 aromatic carbocycles. The monoisotopic (exact) mass is 442 g/mol. The van der Waals surface area contributed by atoms with Crippen molar-refractivity contribution in [2.24, 2.45) is 0 Å². The van der Waals surface area contributed by atoms with E-state index >= 15 is 0 Å². The Bertz CT molecular complexity index is 995. The smallest absolute Gasteiger partial charge is 0.254 e. The van der Waals surface area contributed by atoms with Crippen LogP contribution in [0.2, 0.25) is 0 Å². The van der Waals surface area contributed by atoms with Gasteiger partial charge in [0, 0.05) is 23.6 Å². The summed E-state index contributed by atoms with van der Waals surface area (Å²) >= 11 is 0. The van der Waals surface area contributed by atoms with Crippen LogP contribution in [0, 0.1) is 13.8 Å². The summed E-state index contributed by atoms with van der Waals surface area (Å²) < 4.78 is 23.4. The van der Waals surface area contributed by atoms with E-state index in [1.165, 1.54) is 11.1 Å². The minimum Gasteiger partial charge on any atom is -0.376 e. The van der Waals surface area contributed by atoms with Gasteiger partial charge < -0.3 is 9.30 Å². The highest BCUT2D eigenvalue weighted by Crippen LogP contribution is 2.36. The zero-order valence-corrected chi connectivity index (χ0v) is 19.6. The summed E-state index contributed by atoms with van der Waals surface area (Å²) in [6.45, 7) is 4.53. The molecule has 1 aliphatic carbocycles. The van der Waals surface area contributed by atoms with E-state index < -0.39 is 11.0 Å². The van der Waals surface area contributed by atoms with E-state index in [2.05, 4.69) is 42.0 Å². The van der Waals surface area contributed by atoms with Crippen molar-refractivity contribution in [2.75, 3.05) is 12.9 Å². The van der Waals surface area contributed by atoms with Gasteiger partial charge in [0.25, 0.3) is 5.56 Å². The van der Waals surface area contributed by atoms with Crippen LogP contribution in [0.1, 0.15) is 66.4 Å². The molecule has 5 nitrogen and oxygen atoms in total. The predicted octanol–water partition coefficient (Wildman–Crippen LogP) is 3.95. The quantitative estimate of drug-likeness (QED) is 0.737. The molecule has 6 heteroatoms. The fourth-order valence-electron chi connectivity index (χ4n) is 5.30. The number of ether oxygens (including phenoxy) is 1. The summed E-state index contributed by atoms with van der Waals surface area (Å²) in [5.41, 5.74) is 4.68. The average Bonchev–Trinajstić information content (AvgIpc) is 2.76. The minimum absolute atomic E-state index is 0.0267. The van der Waals surface area contributed by atoms with Crippen molar-refractivity contribution in [3.63, 3.8) is 0 Å². The molecule has 1 fully saturated rings. The highest BCUT2D eigenvalue weighted by molar-refractivity contribution is 7.82. The average molecular weight is 443 g/mol. The van der Waals surface area contributed by atoms with E-state index in [9.17, 15) is 9.00 Å². The van der Waals surface area contributed by atoms with Gasteiger partial charge in [0.05, 0.1) is 29.7 Å². The lowest BCUT2D eigenvalue weighted by Crippen LogP contribution is -2.48. The largest absolute Gasteiger partial charge is 0.376 e. The van der Waals surface area contributed by atoms with Crippen LogP contribution in [0.5, 0.6) is 0 Å². The summed E-state index contributed by atoms with van der Waals surface area (Å²) in [7, 11) is -1.13. The first-order valence-electron chi connectivity index (χ1n) is 11.4. The lowest BCUT2D eigenvalue weighted by molar-refractivity contribution is -0.00163. The molecule has 1 N–H and O–H groups in total. The van der Waals surface area contributed by atoms with Crippen molar-refractivity contribution >= 4 is 11.0 Å². The molecule has 168 valence electrons. The van der Waals surface area contributed by atoms with Crippen LogP contribution in [-0.2, 0) is 22.1 Å². The second kappa shape index (κ2) is 9.80. The van der Waals surface area contributed by atoms with Crippen LogP contribution < -0.4 is 10.3 Å². The summed E-state index contributed by atoms with van der Waals surface area (Å²) in [6.07, 6.45) is 7.89. The molecule has 1 aromatic heterocycles. The molecule has 0 radical (unpaired) electrons. The normalized spacial score (nSPS) is 26.9. The number of rotatable bonds is 6. The van der Waals surface area contributed by atoms with Crippen molar-refractivity contribution in [1.29, 1.82) is 0 Å². The molecular weight excluding hydrogens is 408 g/mol. The Morgan fingerprint density at radius 1 is 1.03 bits per heavy atom. The zero-order valence-electron chi connectivity index (χ0n) is 18.8. The van der Waals surface area contributed by atoms with Gasteiger partial charge in [-0.2, -0.15) is 0 Å². The van der Waals surface area contributed by atoms with Crippen LogP contribution in [0.3, 0.4) is 0 Å². The maximum Gasteiger partial charge on any atom is 0.254 e. The number of aromatic nitrogens is 1. The molecule has 2 heterocycles. The summed E-state index contributed by atoms with van der Waals surface area (Å²) in [6, 6.07) is 12.5. The molecule has 0 bridgehead atoms. The van der Waals surface area contributed by atoms with E-state index in [4.69, 9.17) is 4.74 Å². The molecule has 2 aromatic rings. The second-order valence-electron chi connectivity index (χ2n) is 9.13.